The number of hydrogen-bond donors (Lipinski definition) is 0. The highest BCUT2D eigenvalue weighted by molar-refractivity contribution is 14.1. The van der Waals surface area contributed by atoms with E-state index in [1.54, 1.807) is 26.2 Å². The van der Waals surface area contributed by atoms with Crippen molar-refractivity contribution in [2.75, 3.05) is 7.11 Å². The molecule has 0 radical (unpaired) electrons. The largest absolute Gasteiger partial charge is 0.497 e. The third-order valence-electron chi connectivity index (χ3n) is 3.62. The van der Waals surface area contributed by atoms with Crippen LogP contribution in [0.25, 0.3) is 16.6 Å². The summed E-state index contributed by atoms with van der Waals surface area (Å²) in [4.78, 5) is 0. The Hall–Kier alpha value is -2.07. The zero-order valence-electron chi connectivity index (χ0n) is 12.0. The van der Waals surface area contributed by atoms with Gasteiger partial charge in [0.25, 0.3) is 0 Å². The Labute approximate surface area is 141 Å². The van der Waals surface area contributed by atoms with Gasteiger partial charge in [0.1, 0.15) is 23.3 Å². The third kappa shape index (κ3) is 2.24. The second-order valence-corrected chi connectivity index (χ2v) is 6.01. The van der Waals surface area contributed by atoms with Crippen molar-refractivity contribution >= 4 is 33.5 Å². The molecule has 0 aliphatic heterocycles. The number of hydrogen-bond acceptors (Lipinski definition) is 2. The third-order valence-corrected chi connectivity index (χ3v) is 4.71. The van der Waals surface area contributed by atoms with Crippen LogP contribution < -0.4 is 4.74 Å². The average molecular weight is 406 g/mol. The van der Waals surface area contributed by atoms with Gasteiger partial charge in [-0.05, 0) is 71.5 Å². The SMILES string of the molecule is COc1ccc2c(c1)c(I)c(C#N)n2-c1ccc(F)c(C)c1. The van der Waals surface area contributed by atoms with Crippen LogP contribution in [0.15, 0.2) is 36.4 Å². The average Bonchev–Trinajstić information content (AvgIpc) is 2.81. The fraction of sp³-hybridized carbons (Fsp3) is 0.118. The lowest BCUT2D eigenvalue weighted by Gasteiger charge is -2.09. The van der Waals surface area contributed by atoms with E-state index in [0.717, 1.165) is 25.9 Å². The van der Waals surface area contributed by atoms with E-state index in [1.807, 2.05) is 22.8 Å². The number of nitriles is 1. The number of rotatable bonds is 2. The molecule has 1 heterocycles. The van der Waals surface area contributed by atoms with Gasteiger partial charge in [0.2, 0.25) is 0 Å². The summed E-state index contributed by atoms with van der Waals surface area (Å²) in [6, 6.07) is 12.8. The Morgan fingerprint density at radius 2 is 2.00 bits per heavy atom. The van der Waals surface area contributed by atoms with Crippen LogP contribution in [0, 0.1) is 27.6 Å². The number of ether oxygens (including phenoxy) is 1. The number of nitrogens with zero attached hydrogens (tertiary/aromatic N) is 2. The number of halogens is 2. The molecular weight excluding hydrogens is 394 g/mol. The van der Waals surface area contributed by atoms with E-state index in [4.69, 9.17) is 4.74 Å². The first-order chi connectivity index (χ1) is 10.6. The highest BCUT2D eigenvalue weighted by Crippen LogP contribution is 2.33. The second kappa shape index (κ2) is 5.61. The summed E-state index contributed by atoms with van der Waals surface area (Å²) in [5, 5.41) is 10.5. The van der Waals surface area contributed by atoms with E-state index in [2.05, 4.69) is 28.7 Å². The molecule has 0 saturated heterocycles. The molecule has 0 bridgehead atoms. The van der Waals surface area contributed by atoms with Crippen LogP contribution >= 0.6 is 22.6 Å². The molecule has 0 N–H and O–H groups in total. The fourth-order valence-electron chi connectivity index (χ4n) is 2.49. The molecule has 0 atom stereocenters. The van der Waals surface area contributed by atoms with Gasteiger partial charge in [-0.2, -0.15) is 5.26 Å². The summed E-state index contributed by atoms with van der Waals surface area (Å²) < 4.78 is 21.5. The van der Waals surface area contributed by atoms with Crippen LogP contribution in [0.5, 0.6) is 5.75 Å². The van der Waals surface area contributed by atoms with Gasteiger partial charge in [-0.25, -0.2) is 4.39 Å². The minimum Gasteiger partial charge on any atom is -0.497 e. The van der Waals surface area contributed by atoms with Crippen LogP contribution in [-0.4, -0.2) is 11.7 Å². The maximum atomic E-state index is 13.5. The van der Waals surface area contributed by atoms with E-state index in [1.165, 1.54) is 6.07 Å². The van der Waals surface area contributed by atoms with Crippen molar-refractivity contribution in [3.05, 3.63) is 57.0 Å². The van der Waals surface area contributed by atoms with Crippen molar-refractivity contribution in [3.63, 3.8) is 0 Å². The second-order valence-electron chi connectivity index (χ2n) is 4.93. The molecule has 0 fully saturated rings. The van der Waals surface area contributed by atoms with E-state index in [0.29, 0.717) is 11.3 Å². The maximum Gasteiger partial charge on any atom is 0.139 e. The molecule has 0 aliphatic carbocycles. The van der Waals surface area contributed by atoms with Gasteiger partial charge in [0.15, 0.2) is 0 Å². The molecule has 3 nitrogen and oxygen atoms in total. The zero-order valence-corrected chi connectivity index (χ0v) is 14.2. The number of benzene rings is 2. The maximum absolute atomic E-state index is 13.5. The minimum atomic E-state index is -0.255. The zero-order chi connectivity index (χ0) is 15.9. The predicted octanol–water partition coefficient (Wildman–Crippen LogP) is 4.56. The van der Waals surface area contributed by atoms with Gasteiger partial charge in [0.05, 0.1) is 16.2 Å². The lowest BCUT2D eigenvalue weighted by Crippen LogP contribution is -1.99. The first-order valence-corrected chi connectivity index (χ1v) is 7.69. The van der Waals surface area contributed by atoms with Crippen molar-refractivity contribution in [2.24, 2.45) is 0 Å². The Morgan fingerprint density at radius 1 is 1.23 bits per heavy atom. The van der Waals surface area contributed by atoms with Gasteiger partial charge in [-0.1, -0.05) is 0 Å². The smallest absolute Gasteiger partial charge is 0.139 e. The van der Waals surface area contributed by atoms with Gasteiger partial charge in [0, 0.05) is 11.1 Å². The summed E-state index contributed by atoms with van der Waals surface area (Å²) in [6.07, 6.45) is 0. The molecule has 0 saturated carbocycles. The highest BCUT2D eigenvalue weighted by Gasteiger charge is 2.17. The van der Waals surface area contributed by atoms with E-state index >= 15 is 0 Å². The Balaban J connectivity index is 2.37. The topological polar surface area (TPSA) is 37.9 Å². The van der Waals surface area contributed by atoms with E-state index in [-0.39, 0.29) is 5.82 Å². The predicted molar refractivity (Wildman–Crippen MR) is 92.0 cm³/mol. The Bertz CT molecular complexity index is 925. The highest BCUT2D eigenvalue weighted by atomic mass is 127. The summed E-state index contributed by atoms with van der Waals surface area (Å²) in [5.74, 6) is 0.484. The van der Waals surface area contributed by atoms with Crippen LogP contribution in [-0.2, 0) is 0 Å². The minimum absolute atomic E-state index is 0.255. The molecular formula is C17H12FIN2O. The van der Waals surface area contributed by atoms with Gasteiger partial charge in [-0.3, -0.25) is 4.57 Å². The molecule has 0 unspecified atom stereocenters. The molecule has 0 amide bonds. The Morgan fingerprint density at radius 3 is 2.64 bits per heavy atom. The Kier molecular flexibility index (Phi) is 3.79. The van der Waals surface area contributed by atoms with Crippen molar-refractivity contribution in [1.82, 2.24) is 4.57 Å². The number of fused-ring (bicyclic) bond motifs is 1. The van der Waals surface area contributed by atoms with Crippen LogP contribution in [0.1, 0.15) is 11.3 Å². The summed E-state index contributed by atoms with van der Waals surface area (Å²) in [7, 11) is 1.61. The lowest BCUT2D eigenvalue weighted by atomic mass is 10.2. The lowest BCUT2D eigenvalue weighted by molar-refractivity contribution is 0.415. The molecule has 110 valence electrons. The standard InChI is InChI=1S/C17H12FIN2O/c1-10-7-11(3-5-14(10)18)21-15-6-4-12(22-2)8-13(15)17(19)16(21)9-20/h3-8H,1-2H3. The molecule has 0 aliphatic rings. The molecule has 0 spiro atoms. The monoisotopic (exact) mass is 406 g/mol. The summed E-state index contributed by atoms with van der Waals surface area (Å²) >= 11 is 2.16. The van der Waals surface area contributed by atoms with Gasteiger partial charge in [-0.15, -0.1) is 0 Å². The van der Waals surface area contributed by atoms with Crippen molar-refractivity contribution in [1.29, 1.82) is 5.26 Å². The number of methoxy groups -OCH3 is 1. The molecule has 5 heteroatoms. The first kappa shape index (κ1) is 14.9. The van der Waals surface area contributed by atoms with E-state index in [9.17, 15) is 9.65 Å². The number of aryl methyl sites for hydroxylation is 1. The molecule has 2 aromatic carbocycles. The number of aromatic nitrogens is 1. The van der Waals surface area contributed by atoms with Gasteiger partial charge < -0.3 is 4.74 Å². The normalized spacial score (nSPS) is 10.7. The van der Waals surface area contributed by atoms with Gasteiger partial charge >= 0.3 is 0 Å². The first-order valence-electron chi connectivity index (χ1n) is 6.61. The van der Waals surface area contributed by atoms with Crippen LogP contribution in [0.4, 0.5) is 4.39 Å². The summed E-state index contributed by atoms with van der Waals surface area (Å²) in [6.45, 7) is 1.71. The fourth-order valence-corrected chi connectivity index (χ4v) is 3.29. The van der Waals surface area contributed by atoms with Crippen LogP contribution in [0.3, 0.4) is 0 Å². The van der Waals surface area contributed by atoms with Crippen LogP contribution in [0.2, 0.25) is 0 Å². The van der Waals surface area contributed by atoms with Crippen molar-refractivity contribution < 1.29 is 9.13 Å². The molecule has 3 aromatic rings. The van der Waals surface area contributed by atoms with E-state index < -0.39 is 0 Å². The molecule has 1 aromatic heterocycles. The summed E-state index contributed by atoms with van der Waals surface area (Å²) in [5.41, 5.74) is 2.75. The molecule has 3 rings (SSSR count). The van der Waals surface area contributed by atoms with Crippen molar-refractivity contribution in [3.8, 4) is 17.5 Å². The quantitative estimate of drug-likeness (QED) is 0.586. The molecule has 22 heavy (non-hydrogen) atoms. The van der Waals surface area contributed by atoms with Crippen molar-refractivity contribution in [2.45, 2.75) is 6.92 Å².